The van der Waals surface area contributed by atoms with Crippen molar-refractivity contribution in [2.45, 2.75) is 57.8 Å². The van der Waals surface area contributed by atoms with Gasteiger partial charge in [-0.2, -0.15) is 0 Å². The summed E-state index contributed by atoms with van der Waals surface area (Å²) in [5, 5.41) is 2.92. The van der Waals surface area contributed by atoms with Crippen LogP contribution in [0.3, 0.4) is 0 Å². The first-order valence-corrected chi connectivity index (χ1v) is 10.3. The number of ether oxygens (including phenoxy) is 1. The molecule has 0 unspecified atom stereocenters. The zero-order valence-corrected chi connectivity index (χ0v) is 17.1. The lowest BCUT2D eigenvalue weighted by Crippen LogP contribution is -2.36. The van der Waals surface area contributed by atoms with Crippen molar-refractivity contribution >= 4 is 17.6 Å². The lowest BCUT2D eigenvalue weighted by molar-refractivity contribution is -0.153. The van der Waals surface area contributed by atoms with E-state index in [1.54, 1.807) is 12.1 Å². The average molecular weight is 397 g/mol. The Morgan fingerprint density at radius 2 is 1.59 bits per heavy atom. The van der Waals surface area contributed by atoms with Crippen molar-refractivity contribution in [3.05, 3.63) is 65.0 Å². The standard InChI is InChI=1S/C24H28FNO3/c1-3-17-8-7-9-18(4-2)22(17)26-21(27)16-29-23(28)24(14-5-6-15-24)19-10-12-20(25)13-11-19/h7-13H,3-6,14-16H2,1-2H3,(H,26,27). The molecule has 0 radical (unpaired) electrons. The zero-order chi connectivity index (χ0) is 20.9. The number of aryl methyl sites for hydroxylation is 2. The third kappa shape index (κ3) is 4.50. The number of carbonyl (C=O) groups excluding carboxylic acids is 2. The number of esters is 1. The summed E-state index contributed by atoms with van der Waals surface area (Å²) in [6.45, 7) is 3.75. The van der Waals surface area contributed by atoms with E-state index in [-0.39, 0.29) is 18.3 Å². The molecule has 0 saturated heterocycles. The molecule has 1 aliphatic rings. The predicted molar refractivity (Wildman–Crippen MR) is 111 cm³/mol. The van der Waals surface area contributed by atoms with Crippen molar-refractivity contribution in [3.63, 3.8) is 0 Å². The van der Waals surface area contributed by atoms with Crippen molar-refractivity contribution < 1.29 is 18.7 Å². The second kappa shape index (κ2) is 9.21. The van der Waals surface area contributed by atoms with Gasteiger partial charge in [-0.15, -0.1) is 0 Å². The molecule has 0 atom stereocenters. The van der Waals surface area contributed by atoms with Crippen molar-refractivity contribution in [1.82, 2.24) is 0 Å². The quantitative estimate of drug-likeness (QED) is 0.673. The summed E-state index contributed by atoms with van der Waals surface area (Å²) in [6.07, 6.45) is 4.72. The van der Waals surface area contributed by atoms with E-state index in [4.69, 9.17) is 4.74 Å². The Bertz CT molecular complexity index is 848. The molecular weight excluding hydrogens is 369 g/mol. The molecule has 1 saturated carbocycles. The van der Waals surface area contributed by atoms with E-state index in [0.29, 0.717) is 12.8 Å². The third-order valence-corrected chi connectivity index (χ3v) is 5.84. The molecule has 29 heavy (non-hydrogen) atoms. The summed E-state index contributed by atoms with van der Waals surface area (Å²) >= 11 is 0. The first kappa shape index (κ1) is 21.0. The topological polar surface area (TPSA) is 55.4 Å². The maximum absolute atomic E-state index is 13.3. The monoisotopic (exact) mass is 397 g/mol. The van der Waals surface area contributed by atoms with E-state index in [0.717, 1.165) is 48.1 Å². The molecule has 1 aliphatic carbocycles. The van der Waals surface area contributed by atoms with E-state index in [2.05, 4.69) is 5.32 Å². The molecule has 1 fully saturated rings. The van der Waals surface area contributed by atoms with Crippen molar-refractivity contribution in [1.29, 1.82) is 0 Å². The molecular formula is C24H28FNO3. The maximum Gasteiger partial charge on any atom is 0.317 e. The SMILES string of the molecule is CCc1cccc(CC)c1NC(=O)COC(=O)C1(c2ccc(F)cc2)CCCC1. The summed E-state index contributed by atoms with van der Waals surface area (Å²) in [5.74, 6) is -1.09. The Labute approximate surface area is 171 Å². The fourth-order valence-electron chi connectivity index (χ4n) is 4.21. The molecule has 0 spiro atoms. The highest BCUT2D eigenvalue weighted by molar-refractivity contribution is 5.95. The molecule has 0 aliphatic heterocycles. The second-order valence-corrected chi connectivity index (χ2v) is 7.58. The highest BCUT2D eigenvalue weighted by atomic mass is 19.1. The molecule has 5 heteroatoms. The highest BCUT2D eigenvalue weighted by Gasteiger charge is 2.44. The van der Waals surface area contributed by atoms with Gasteiger partial charge in [0.2, 0.25) is 0 Å². The van der Waals surface area contributed by atoms with Crippen LogP contribution in [0.2, 0.25) is 0 Å². The van der Waals surface area contributed by atoms with Gasteiger partial charge in [0.05, 0.1) is 5.41 Å². The van der Waals surface area contributed by atoms with Crippen molar-refractivity contribution in [3.8, 4) is 0 Å². The van der Waals surface area contributed by atoms with Crippen LogP contribution < -0.4 is 5.32 Å². The number of rotatable bonds is 7. The summed E-state index contributed by atoms with van der Waals surface area (Å²) in [6, 6.07) is 12.0. The van der Waals surface area contributed by atoms with Gasteiger partial charge in [0, 0.05) is 5.69 Å². The van der Waals surface area contributed by atoms with Gasteiger partial charge in [-0.1, -0.05) is 57.0 Å². The lowest BCUT2D eigenvalue weighted by atomic mass is 9.79. The minimum Gasteiger partial charge on any atom is -0.455 e. The number of hydrogen-bond acceptors (Lipinski definition) is 3. The summed E-state index contributed by atoms with van der Waals surface area (Å²) in [7, 11) is 0. The molecule has 0 aromatic heterocycles. The molecule has 2 aromatic carbocycles. The molecule has 1 amide bonds. The number of carbonyl (C=O) groups is 2. The van der Waals surface area contributed by atoms with E-state index in [1.807, 2.05) is 32.0 Å². The zero-order valence-electron chi connectivity index (χ0n) is 17.1. The van der Waals surface area contributed by atoms with Gasteiger partial charge in [-0.25, -0.2) is 4.39 Å². The Morgan fingerprint density at radius 3 is 2.14 bits per heavy atom. The molecule has 0 bridgehead atoms. The molecule has 3 rings (SSSR count). The summed E-state index contributed by atoms with van der Waals surface area (Å²) in [5.41, 5.74) is 2.90. The van der Waals surface area contributed by atoms with E-state index in [1.165, 1.54) is 12.1 Å². The summed E-state index contributed by atoms with van der Waals surface area (Å²) < 4.78 is 18.8. The lowest BCUT2D eigenvalue weighted by Gasteiger charge is -2.27. The first-order valence-electron chi connectivity index (χ1n) is 10.3. The molecule has 0 heterocycles. The Hall–Kier alpha value is -2.69. The van der Waals surface area contributed by atoms with Gasteiger partial charge in [-0.3, -0.25) is 9.59 Å². The average Bonchev–Trinajstić information content (AvgIpc) is 3.24. The van der Waals surface area contributed by atoms with Crippen LogP contribution >= 0.6 is 0 Å². The Balaban J connectivity index is 1.70. The number of halogens is 1. The number of nitrogens with one attached hydrogen (secondary N) is 1. The Morgan fingerprint density at radius 1 is 1.00 bits per heavy atom. The number of hydrogen-bond donors (Lipinski definition) is 1. The minimum atomic E-state index is -0.788. The van der Waals surface area contributed by atoms with Gasteiger partial charge in [0.25, 0.3) is 5.91 Å². The normalized spacial score (nSPS) is 15.1. The third-order valence-electron chi connectivity index (χ3n) is 5.84. The number of anilines is 1. The van der Waals surface area contributed by atoms with Gasteiger partial charge < -0.3 is 10.1 Å². The van der Waals surface area contributed by atoms with E-state index < -0.39 is 11.4 Å². The smallest absolute Gasteiger partial charge is 0.317 e. The second-order valence-electron chi connectivity index (χ2n) is 7.58. The Kier molecular flexibility index (Phi) is 6.68. The molecule has 1 N–H and O–H groups in total. The van der Waals surface area contributed by atoms with Crippen LogP contribution in [0.5, 0.6) is 0 Å². The van der Waals surface area contributed by atoms with Crippen molar-refractivity contribution in [2.24, 2.45) is 0 Å². The van der Waals surface area contributed by atoms with Crippen LogP contribution in [0.15, 0.2) is 42.5 Å². The molecule has 2 aromatic rings. The predicted octanol–water partition coefficient (Wildman–Crippen LogP) is 4.94. The number of benzene rings is 2. The van der Waals surface area contributed by atoms with E-state index in [9.17, 15) is 14.0 Å². The first-order chi connectivity index (χ1) is 14.0. The molecule has 154 valence electrons. The van der Waals surface area contributed by atoms with Gasteiger partial charge >= 0.3 is 5.97 Å². The summed E-state index contributed by atoms with van der Waals surface area (Å²) in [4.78, 5) is 25.5. The van der Waals surface area contributed by atoms with E-state index >= 15 is 0 Å². The van der Waals surface area contributed by atoms with Crippen LogP contribution in [-0.4, -0.2) is 18.5 Å². The van der Waals surface area contributed by atoms with Crippen LogP contribution in [0.25, 0.3) is 0 Å². The van der Waals surface area contributed by atoms with Gasteiger partial charge in [0.15, 0.2) is 6.61 Å². The molecule has 4 nitrogen and oxygen atoms in total. The van der Waals surface area contributed by atoms with Crippen LogP contribution in [0.1, 0.15) is 56.2 Å². The fourth-order valence-corrected chi connectivity index (χ4v) is 4.21. The largest absolute Gasteiger partial charge is 0.455 e. The van der Waals surface area contributed by atoms with Crippen LogP contribution in [0, 0.1) is 5.82 Å². The maximum atomic E-state index is 13.3. The van der Waals surface area contributed by atoms with Crippen molar-refractivity contribution in [2.75, 3.05) is 11.9 Å². The van der Waals surface area contributed by atoms with Gasteiger partial charge in [0.1, 0.15) is 5.82 Å². The number of amides is 1. The number of para-hydroxylation sites is 1. The fraction of sp³-hybridized carbons (Fsp3) is 0.417. The van der Waals surface area contributed by atoms with Crippen LogP contribution in [0.4, 0.5) is 10.1 Å². The van der Waals surface area contributed by atoms with Crippen LogP contribution in [-0.2, 0) is 32.6 Å². The highest BCUT2D eigenvalue weighted by Crippen LogP contribution is 2.42. The minimum absolute atomic E-state index is 0.330. The van der Waals surface area contributed by atoms with Gasteiger partial charge in [-0.05, 0) is 54.5 Å².